The van der Waals surface area contributed by atoms with Gasteiger partial charge < -0.3 is 24.1 Å². The maximum atomic E-state index is 10.9. The molecule has 8 heteroatoms. The molecule has 2 N–H and O–H groups in total. The number of quaternary nitrogens is 1. The molecule has 0 rings (SSSR count). The van der Waals surface area contributed by atoms with E-state index >= 15 is 0 Å². The Hall–Kier alpha value is -0.250. The van der Waals surface area contributed by atoms with Gasteiger partial charge >= 0.3 is 5.97 Å². The maximum Gasteiger partial charge on any atom is 0.335 e. The van der Waals surface area contributed by atoms with Crippen LogP contribution in [0.15, 0.2) is 0 Å². The number of hydrogen-bond acceptors (Lipinski definition) is 6. The summed E-state index contributed by atoms with van der Waals surface area (Å²) < 4.78 is 51.1. The lowest BCUT2D eigenvalue weighted by molar-refractivity contribution is -0.688. The zero-order chi connectivity index (χ0) is 22.6. The summed E-state index contributed by atoms with van der Waals surface area (Å²) in [4.78, 5) is 0. The molecule has 0 heterocycles. The predicted molar refractivity (Wildman–Crippen MR) is 119 cm³/mol. The van der Waals surface area contributed by atoms with Crippen molar-refractivity contribution in [2.24, 2.45) is 0 Å². The molecule has 0 bridgehead atoms. The van der Waals surface area contributed by atoms with E-state index in [1.807, 2.05) is 0 Å². The molecule has 0 aliphatic rings. The fourth-order valence-corrected chi connectivity index (χ4v) is 3.53. The van der Waals surface area contributed by atoms with E-state index in [1.54, 1.807) is 5.32 Å². The van der Waals surface area contributed by atoms with Crippen molar-refractivity contribution in [3.63, 3.8) is 0 Å². The van der Waals surface area contributed by atoms with E-state index in [0.29, 0.717) is 26.4 Å². The van der Waals surface area contributed by atoms with Crippen LogP contribution < -0.4 is 5.32 Å². The van der Waals surface area contributed by atoms with Crippen LogP contribution in [0.3, 0.4) is 0 Å². The lowest BCUT2D eigenvalue weighted by atomic mass is 10.2. The second-order valence-electron chi connectivity index (χ2n) is 7.95. The van der Waals surface area contributed by atoms with Gasteiger partial charge in [-0.05, 0) is 19.3 Å². The van der Waals surface area contributed by atoms with Gasteiger partial charge in [-0.25, -0.2) is 8.42 Å². The molecule has 0 radical (unpaired) electrons. The topological polar surface area (TPSA) is 102 Å². The van der Waals surface area contributed by atoms with Crippen LogP contribution in [-0.4, -0.2) is 57.6 Å². The van der Waals surface area contributed by atoms with Crippen LogP contribution in [0, 0.1) is 0 Å². The molecular formula is C22H47NO6S. The molecule has 0 aliphatic heterocycles. The number of hydrogen-bond donors (Lipinski definition) is 1. The van der Waals surface area contributed by atoms with Gasteiger partial charge in [0.05, 0.1) is 32.1 Å². The molecule has 0 aromatic carbocycles. The standard InChI is InChI=1S/C22H47NO6S/c1-4-7-10-13-17-27-22(28-18-14-11-8-5-2,29-19-15-12-9-6-3)21-23-16-20-30(24,25)26/h23H,4-21H2,1-3H3,(H,24,25,26). The largest absolute Gasteiger partial charge is 0.748 e. The van der Waals surface area contributed by atoms with Gasteiger partial charge in [-0.1, -0.05) is 78.6 Å². The Bertz CT molecular complexity index is 436. The Morgan fingerprint density at radius 3 is 1.43 bits per heavy atom. The quantitative estimate of drug-likeness (QED) is 0.144. The van der Waals surface area contributed by atoms with Gasteiger partial charge in [0.1, 0.15) is 10.1 Å². The van der Waals surface area contributed by atoms with E-state index in [2.05, 4.69) is 20.8 Å². The lowest BCUT2D eigenvalue weighted by Gasteiger charge is -2.32. The number of unbranched alkanes of at least 4 members (excludes halogenated alkanes) is 9. The predicted octanol–water partition coefficient (Wildman–Crippen LogP) is 3.54. The van der Waals surface area contributed by atoms with Gasteiger partial charge in [-0.3, -0.25) is 0 Å². The average molecular weight is 454 g/mol. The van der Waals surface area contributed by atoms with E-state index in [9.17, 15) is 13.0 Å². The van der Waals surface area contributed by atoms with E-state index < -0.39 is 21.8 Å². The molecule has 0 atom stereocenters. The molecule has 0 aromatic rings. The molecule has 182 valence electrons. The molecule has 0 aliphatic carbocycles. The first-order chi connectivity index (χ1) is 14.4. The van der Waals surface area contributed by atoms with E-state index in [1.165, 1.54) is 19.3 Å². The van der Waals surface area contributed by atoms with Gasteiger partial charge in [0, 0.05) is 0 Å². The van der Waals surface area contributed by atoms with Gasteiger partial charge in [0.2, 0.25) is 0 Å². The first-order valence-electron chi connectivity index (χ1n) is 12.1. The second kappa shape index (κ2) is 19.4. The van der Waals surface area contributed by atoms with Crippen molar-refractivity contribution in [3.05, 3.63) is 0 Å². The minimum Gasteiger partial charge on any atom is -0.748 e. The Morgan fingerprint density at radius 1 is 0.700 bits per heavy atom. The molecule has 0 amide bonds. The summed E-state index contributed by atoms with van der Waals surface area (Å²) in [7, 11) is -4.23. The third kappa shape index (κ3) is 18.5. The van der Waals surface area contributed by atoms with Gasteiger partial charge in [-0.15, -0.1) is 0 Å². The van der Waals surface area contributed by atoms with Gasteiger partial charge in [-0.2, -0.15) is 0 Å². The summed E-state index contributed by atoms with van der Waals surface area (Å²) in [5.41, 5.74) is 0. The number of ether oxygens (including phenoxy) is 3. The summed E-state index contributed by atoms with van der Waals surface area (Å²) in [6.45, 7) is 8.62. The lowest BCUT2D eigenvalue weighted by Crippen LogP contribution is -2.90. The van der Waals surface area contributed by atoms with Gasteiger partial charge in [0.15, 0.2) is 6.54 Å². The van der Waals surface area contributed by atoms with Crippen LogP contribution >= 0.6 is 0 Å². The highest BCUT2D eigenvalue weighted by Gasteiger charge is 2.36. The fraction of sp³-hybridized carbons (Fsp3) is 1.00. The number of nitrogens with two attached hydrogens (primary N) is 1. The van der Waals surface area contributed by atoms with Crippen molar-refractivity contribution in [1.82, 2.24) is 0 Å². The smallest absolute Gasteiger partial charge is 0.335 e. The SMILES string of the molecule is CCCCCCOC(C[NH2+]CCS(=O)(=O)[O-])(OCCCCCC)OCCCCCC. The third-order valence-corrected chi connectivity index (χ3v) is 5.66. The Balaban J connectivity index is 4.85. The third-order valence-electron chi connectivity index (χ3n) is 4.93. The first-order valence-corrected chi connectivity index (χ1v) is 13.6. The molecule has 0 saturated heterocycles. The first kappa shape index (κ1) is 29.8. The van der Waals surface area contributed by atoms with Crippen molar-refractivity contribution < 1.29 is 32.5 Å². The highest BCUT2D eigenvalue weighted by Crippen LogP contribution is 2.18. The summed E-state index contributed by atoms with van der Waals surface area (Å²) >= 11 is 0. The molecular weight excluding hydrogens is 406 g/mol. The van der Waals surface area contributed by atoms with E-state index in [-0.39, 0.29) is 6.54 Å². The van der Waals surface area contributed by atoms with Crippen LogP contribution in [0.2, 0.25) is 0 Å². The molecule has 0 fully saturated rings. The van der Waals surface area contributed by atoms with Crippen LogP contribution in [0.25, 0.3) is 0 Å². The summed E-state index contributed by atoms with van der Waals surface area (Å²) in [5.74, 6) is -1.59. The maximum absolute atomic E-state index is 10.9. The van der Waals surface area contributed by atoms with Crippen LogP contribution in [0.5, 0.6) is 0 Å². The normalized spacial score (nSPS) is 12.5. The zero-order valence-corrected chi connectivity index (χ0v) is 20.5. The summed E-state index contributed by atoms with van der Waals surface area (Å²) in [6.07, 6.45) is 13.1. The summed E-state index contributed by atoms with van der Waals surface area (Å²) in [5, 5.41) is 1.75. The van der Waals surface area contributed by atoms with Crippen molar-refractivity contribution in [2.75, 3.05) is 38.7 Å². The molecule has 0 aromatic heterocycles. The van der Waals surface area contributed by atoms with E-state index in [0.717, 1.165) is 57.8 Å². The monoisotopic (exact) mass is 453 g/mol. The molecule has 7 nitrogen and oxygen atoms in total. The molecule has 0 unspecified atom stereocenters. The van der Waals surface area contributed by atoms with Gasteiger partial charge in [0.25, 0.3) is 0 Å². The van der Waals surface area contributed by atoms with Crippen LogP contribution in [0.1, 0.15) is 97.8 Å². The highest BCUT2D eigenvalue weighted by atomic mass is 32.2. The molecule has 0 spiro atoms. The molecule has 0 saturated carbocycles. The highest BCUT2D eigenvalue weighted by molar-refractivity contribution is 7.85. The van der Waals surface area contributed by atoms with Crippen LogP contribution in [-0.2, 0) is 24.3 Å². The average Bonchev–Trinajstić information content (AvgIpc) is 2.70. The van der Waals surface area contributed by atoms with Crippen molar-refractivity contribution >= 4 is 10.1 Å². The molecule has 30 heavy (non-hydrogen) atoms. The zero-order valence-electron chi connectivity index (χ0n) is 19.7. The second-order valence-corrected chi connectivity index (χ2v) is 9.48. The Kier molecular flexibility index (Phi) is 19.3. The number of rotatable bonds is 23. The Morgan fingerprint density at radius 2 is 1.10 bits per heavy atom. The van der Waals surface area contributed by atoms with Crippen molar-refractivity contribution in [3.8, 4) is 0 Å². The van der Waals surface area contributed by atoms with Crippen molar-refractivity contribution in [1.29, 1.82) is 0 Å². The van der Waals surface area contributed by atoms with Crippen molar-refractivity contribution in [2.45, 2.75) is 104 Å². The van der Waals surface area contributed by atoms with Crippen LogP contribution in [0.4, 0.5) is 0 Å². The fourth-order valence-electron chi connectivity index (χ4n) is 3.08. The Labute approximate surface area is 185 Å². The minimum atomic E-state index is -4.23. The summed E-state index contributed by atoms with van der Waals surface area (Å²) in [6, 6.07) is 0. The van der Waals surface area contributed by atoms with E-state index in [4.69, 9.17) is 14.2 Å². The minimum absolute atomic E-state index is 0.172.